The zero-order chi connectivity index (χ0) is 15.7. The second-order valence-corrected chi connectivity index (χ2v) is 5.07. The molecule has 0 unspecified atom stereocenters. The Bertz CT molecular complexity index is 445. The topological polar surface area (TPSA) is 64.6 Å². The van der Waals surface area contributed by atoms with Crippen LogP contribution in [0.4, 0.5) is 4.79 Å². The van der Waals surface area contributed by atoms with Crippen molar-refractivity contribution in [1.82, 2.24) is 5.32 Å². The van der Waals surface area contributed by atoms with Crippen LogP contribution in [0.3, 0.4) is 0 Å². The molecule has 0 aliphatic heterocycles. The highest BCUT2D eigenvalue weighted by atomic mass is 16.5. The Hall–Kier alpha value is -2.04. The number of amides is 1. The lowest BCUT2D eigenvalue weighted by atomic mass is 10.0. The van der Waals surface area contributed by atoms with E-state index in [9.17, 15) is 9.59 Å². The van der Waals surface area contributed by atoms with Gasteiger partial charge in [-0.3, -0.25) is 4.79 Å². The molecule has 0 bridgehead atoms. The summed E-state index contributed by atoms with van der Waals surface area (Å²) in [6.45, 7) is 6.16. The molecule has 1 aromatic carbocycles. The molecule has 1 atom stereocenters. The minimum atomic E-state index is -0.526. The fraction of sp³-hybridized carbons (Fsp3) is 0.500. The second kappa shape index (κ2) is 9.00. The van der Waals surface area contributed by atoms with Gasteiger partial charge in [-0.05, 0) is 18.4 Å². The highest BCUT2D eigenvalue weighted by Gasteiger charge is 2.21. The molecular formula is C16H23NO4. The van der Waals surface area contributed by atoms with Gasteiger partial charge >= 0.3 is 12.1 Å². The van der Waals surface area contributed by atoms with Gasteiger partial charge in [-0.2, -0.15) is 0 Å². The van der Waals surface area contributed by atoms with Gasteiger partial charge in [0.2, 0.25) is 0 Å². The number of carbonyl (C=O) groups excluding carboxylic acids is 2. The SMILES string of the molecule is CCOC(=O)C[C@@H](NC(=O)OCc1ccccc1)C(C)C. The third kappa shape index (κ3) is 6.79. The standard InChI is InChI=1S/C16H23NO4/c1-4-20-15(18)10-14(12(2)3)17-16(19)21-11-13-8-6-5-7-9-13/h5-9,12,14H,4,10-11H2,1-3H3,(H,17,19)/t14-/m1/s1. The number of hydrogen-bond acceptors (Lipinski definition) is 4. The van der Waals surface area contributed by atoms with Crippen LogP contribution in [0.1, 0.15) is 32.8 Å². The number of ether oxygens (including phenoxy) is 2. The second-order valence-electron chi connectivity index (χ2n) is 5.07. The number of esters is 1. The predicted molar refractivity (Wildman–Crippen MR) is 79.6 cm³/mol. The highest BCUT2D eigenvalue weighted by molar-refractivity contribution is 5.72. The van der Waals surface area contributed by atoms with Gasteiger partial charge in [-0.15, -0.1) is 0 Å². The number of hydrogen-bond donors (Lipinski definition) is 1. The molecule has 1 N–H and O–H groups in total. The smallest absolute Gasteiger partial charge is 0.407 e. The van der Waals surface area contributed by atoms with E-state index in [1.807, 2.05) is 44.2 Å². The van der Waals surface area contributed by atoms with Gasteiger partial charge in [-0.25, -0.2) is 4.79 Å². The lowest BCUT2D eigenvalue weighted by Gasteiger charge is -2.21. The molecule has 5 heteroatoms. The van der Waals surface area contributed by atoms with Gasteiger partial charge in [-0.1, -0.05) is 44.2 Å². The third-order valence-electron chi connectivity index (χ3n) is 3.01. The lowest BCUT2D eigenvalue weighted by Crippen LogP contribution is -2.40. The molecule has 0 spiro atoms. The molecule has 0 aliphatic carbocycles. The Balaban J connectivity index is 2.43. The van der Waals surface area contributed by atoms with Crippen molar-refractivity contribution >= 4 is 12.1 Å². The Labute approximate surface area is 125 Å². The summed E-state index contributed by atoms with van der Waals surface area (Å²) in [7, 11) is 0. The van der Waals surface area contributed by atoms with E-state index in [4.69, 9.17) is 9.47 Å². The molecule has 0 heterocycles. The molecule has 21 heavy (non-hydrogen) atoms. The van der Waals surface area contributed by atoms with Crippen molar-refractivity contribution < 1.29 is 19.1 Å². The number of benzene rings is 1. The average molecular weight is 293 g/mol. The van der Waals surface area contributed by atoms with Crippen LogP contribution in [0.2, 0.25) is 0 Å². The largest absolute Gasteiger partial charge is 0.466 e. The number of rotatable bonds is 7. The number of alkyl carbamates (subject to hydrolysis) is 1. The molecule has 5 nitrogen and oxygen atoms in total. The first-order valence-corrected chi connectivity index (χ1v) is 7.15. The van der Waals surface area contributed by atoms with E-state index in [2.05, 4.69) is 5.32 Å². The van der Waals surface area contributed by atoms with E-state index in [0.29, 0.717) is 6.61 Å². The molecule has 1 rings (SSSR count). The van der Waals surface area contributed by atoms with Crippen molar-refractivity contribution in [3.05, 3.63) is 35.9 Å². The van der Waals surface area contributed by atoms with E-state index in [1.54, 1.807) is 6.92 Å². The predicted octanol–water partition coefficient (Wildman–Crippen LogP) is 2.89. The van der Waals surface area contributed by atoms with E-state index < -0.39 is 6.09 Å². The van der Waals surface area contributed by atoms with Gasteiger partial charge in [0.25, 0.3) is 0 Å². The quantitative estimate of drug-likeness (QED) is 0.785. The summed E-state index contributed by atoms with van der Waals surface area (Å²) in [6.07, 6.45) is -0.381. The number of carbonyl (C=O) groups is 2. The third-order valence-corrected chi connectivity index (χ3v) is 3.01. The van der Waals surface area contributed by atoms with E-state index in [0.717, 1.165) is 5.56 Å². The summed E-state index contributed by atoms with van der Waals surface area (Å²) in [5.41, 5.74) is 0.916. The van der Waals surface area contributed by atoms with Crippen molar-refractivity contribution in [2.45, 2.75) is 39.8 Å². The molecular weight excluding hydrogens is 270 g/mol. The van der Waals surface area contributed by atoms with Crippen LogP contribution in [0.15, 0.2) is 30.3 Å². The van der Waals surface area contributed by atoms with Crippen LogP contribution < -0.4 is 5.32 Å². The fourth-order valence-corrected chi connectivity index (χ4v) is 1.77. The summed E-state index contributed by atoms with van der Waals surface area (Å²) >= 11 is 0. The van der Waals surface area contributed by atoms with E-state index in [-0.39, 0.29) is 31.0 Å². The van der Waals surface area contributed by atoms with Gasteiger partial charge in [0.15, 0.2) is 0 Å². The molecule has 0 saturated heterocycles. The van der Waals surface area contributed by atoms with Crippen LogP contribution >= 0.6 is 0 Å². The fourth-order valence-electron chi connectivity index (χ4n) is 1.77. The van der Waals surface area contributed by atoms with Gasteiger partial charge in [0.1, 0.15) is 6.61 Å². The Morgan fingerprint density at radius 3 is 2.38 bits per heavy atom. The maximum Gasteiger partial charge on any atom is 0.407 e. The van der Waals surface area contributed by atoms with Crippen LogP contribution in [-0.2, 0) is 20.9 Å². The summed E-state index contributed by atoms with van der Waals surface area (Å²) in [4.78, 5) is 23.3. The molecule has 1 amide bonds. The van der Waals surface area contributed by atoms with Gasteiger partial charge in [0, 0.05) is 6.04 Å². The maximum atomic E-state index is 11.8. The molecule has 0 saturated carbocycles. The van der Waals surface area contributed by atoms with Crippen molar-refractivity contribution in [3.63, 3.8) is 0 Å². The average Bonchev–Trinajstić information content (AvgIpc) is 2.45. The molecule has 0 aliphatic rings. The van der Waals surface area contributed by atoms with Crippen molar-refractivity contribution in [3.8, 4) is 0 Å². The van der Waals surface area contributed by atoms with Crippen LogP contribution in [-0.4, -0.2) is 24.7 Å². The Kier molecular flexibility index (Phi) is 7.29. The first kappa shape index (κ1) is 17.0. The summed E-state index contributed by atoms with van der Waals surface area (Å²) in [6, 6.07) is 9.13. The minimum Gasteiger partial charge on any atom is -0.466 e. The monoisotopic (exact) mass is 293 g/mol. The summed E-state index contributed by atoms with van der Waals surface area (Å²) in [5, 5.41) is 2.71. The Morgan fingerprint density at radius 1 is 1.14 bits per heavy atom. The normalized spacial score (nSPS) is 11.8. The van der Waals surface area contributed by atoms with E-state index >= 15 is 0 Å². The highest BCUT2D eigenvalue weighted by Crippen LogP contribution is 2.08. The first-order chi connectivity index (χ1) is 10.0. The summed E-state index contributed by atoms with van der Waals surface area (Å²) < 4.78 is 10.1. The lowest BCUT2D eigenvalue weighted by molar-refractivity contribution is -0.143. The molecule has 116 valence electrons. The maximum absolute atomic E-state index is 11.8. The van der Waals surface area contributed by atoms with Crippen LogP contribution in [0, 0.1) is 5.92 Å². The van der Waals surface area contributed by atoms with Crippen LogP contribution in [0.5, 0.6) is 0 Å². The molecule has 0 aromatic heterocycles. The van der Waals surface area contributed by atoms with Crippen molar-refractivity contribution in [2.75, 3.05) is 6.61 Å². The van der Waals surface area contributed by atoms with Gasteiger partial charge in [0.05, 0.1) is 13.0 Å². The summed E-state index contributed by atoms with van der Waals surface area (Å²) in [5.74, 6) is -0.210. The Morgan fingerprint density at radius 2 is 1.81 bits per heavy atom. The first-order valence-electron chi connectivity index (χ1n) is 7.15. The molecule has 0 radical (unpaired) electrons. The van der Waals surface area contributed by atoms with Gasteiger partial charge < -0.3 is 14.8 Å². The zero-order valence-electron chi connectivity index (χ0n) is 12.8. The van der Waals surface area contributed by atoms with E-state index in [1.165, 1.54) is 0 Å². The molecule has 1 aromatic rings. The minimum absolute atomic E-state index is 0.110. The van der Waals surface area contributed by atoms with Crippen LogP contribution in [0.25, 0.3) is 0 Å². The molecule has 0 fully saturated rings. The van der Waals surface area contributed by atoms with Crippen molar-refractivity contribution in [2.24, 2.45) is 5.92 Å². The zero-order valence-corrected chi connectivity index (χ0v) is 12.8. The van der Waals surface area contributed by atoms with Crippen molar-refractivity contribution in [1.29, 1.82) is 0 Å². The number of nitrogens with one attached hydrogen (secondary N) is 1.